The van der Waals surface area contributed by atoms with E-state index in [0.29, 0.717) is 0 Å². The van der Waals surface area contributed by atoms with Crippen molar-refractivity contribution < 1.29 is 4.42 Å². The zero-order valence-corrected chi connectivity index (χ0v) is 19.0. The third kappa shape index (κ3) is 5.90. The van der Waals surface area contributed by atoms with Crippen LogP contribution in [-0.2, 0) is 13.0 Å². The minimum Gasteiger partial charge on any atom is -0.469 e. The normalized spacial score (nSPS) is 15.9. The molecule has 8 heteroatoms. The van der Waals surface area contributed by atoms with Crippen LogP contribution in [0.5, 0.6) is 0 Å². The Labute approximate surface area is 189 Å². The molecule has 170 valence electrons. The van der Waals surface area contributed by atoms with Gasteiger partial charge in [0.25, 0.3) is 0 Å². The molecule has 8 nitrogen and oxygen atoms in total. The van der Waals surface area contributed by atoms with E-state index in [1.807, 2.05) is 29.8 Å². The van der Waals surface area contributed by atoms with Crippen molar-refractivity contribution in [2.75, 3.05) is 31.6 Å². The number of aryl methyl sites for hydroxylation is 2. The molecule has 0 amide bonds. The molecule has 1 aliphatic rings. The molecule has 2 N–H and O–H groups in total. The molecule has 32 heavy (non-hydrogen) atoms. The van der Waals surface area contributed by atoms with Crippen LogP contribution in [0.25, 0.3) is 0 Å². The van der Waals surface area contributed by atoms with Crippen LogP contribution >= 0.6 is 0 Å². The Morgan fingerprint density at radius 2 is 2.12 bits per heavy atom. The lowest BCUT2D eigenvalue weighted by Gasteiger charge is -2.25. The number of nitrogens with one attached hydrogen (secondary N) is 2. The van der Waals surface area contributed by atoms with Crippen LogP contribution in [0.4, 0.5) is 5.69 Å². The Balaban J connectivity index is 1.35. The van der Waals surface area contributed by atoms with Gasteiger partial charge in [0, 0.05) is 45.3 Å². The third-order valence-electron chi connectivity index (χ3n) is 5.65. The maximum absolute atomic E-state index is 5.45. The number of anilines is 1. The number of hydrogen-bond acceptors (Lipinski definition) is 5. The highest BCUT2D eigenvalue weighted by molar-refractivity contribution is 5.80. The van der Waals surface area contributed by atoms with Crippen LogP contribution in [0.3, 0.4) is 0 Å². The Kier molecular flexibility index (Phi) is 7.42. The number of nitrogens with zero attached hydrogens (tertiary/aromatic N) is 5. The first-order valence-electron chi connectivity index (χ1n) is 11.4. The lowest BCUT2D eigenvalue weighted by molar-refractivity contribution is 0.397. The number of benzene rings is 1. The van der Waals surface area contributed by atoms with Crippen molar-refractivity contribution >= 4 is 11.6 Å². The van der Waals surface area contributed by atoms with Crippen LogP contribution in [0.1, 0.15) is 42.7 Å². The van der Waals surface area contributed by atoms with Gasteiger partial charge in [0.2, 0.25) is 0 Å². The second kappa shape index (κ2) is 10.8. The van der Waals surface area contributed by atoms with E-state index in [9.17, 15) is 0 Å². The molecule has 3 aromatic rings. The molecule has 0 fully saturated rings. The topological polar surface area (TPSA) is 83.5 Å². The van der Waals surface area contributed by atoms with Gasteiger partial charge in [-0.3, -0.25) is 4.99 Å². The van der Waals surface area contributed by atoms with Gasteiger partial charge in [0.1, 0.15) is 17.4 Å². The second-order valence-electron chi connectivity index (χ2n) is 8.18. The predicted octanol–water partition coefficient (Wildman–Crippen LogP) is 3.32. The molecule has 0 aliphatic carbocycles. The summed E-state index contributed by atoms with van der Waals surface area (Å²) >= 11 is 0. The van der Waals surface area contributed by atoms with Crippen LogP contribution in [0, 0.1) is 6.92 Å². The van der Waals surface area contributed by atoms with Gasteiger partial charge in [-0.15, -0.1) is 0 Å². The average molecular weight is 436 g/mol. The van der Waals surface area contributed by atoms with E-state index in [1.165, 1.54) is 5.69 Å². The summed E-state index contributed by atoms with van der Waals surface area (Å²) in [6.45, 7) is 5.32. The number of aromatic nitrogens is 3. The fraction of sp³-hybridized carbons (Fsp3) is 0.458. The van der Waals surface area contributed by atoms with E-state index >= 15 is 0 Å². The Hall–Kier alpha value is -3.29. The molecule has 4 rings (SSSR count). The average Bonchev–Trinajstić information content (AvgIpc) is 3.46. The van der Waals surface area contributed by atoms with Crippen molar-refractivity contribution in [1.29, 1.82) is 0 Å². The van der Waals surface area contributed by atoms with E-state index in [2.05, 4.69) is 56.9 Å². The number of para-hydroxylation sites is 1. The van der Waals surface area contributed by atoms with Gasteiger partial charge in [-0.05, 0) is 50.5 Å². The highest BCUT2D eigenvalue weighted by Gasteiger charge is 2.24. The number of guanidine groups is 1. The third-order valence-corrected chi connectivity index (χ3v) is 5.65. The molecule has 0 spiro atoms. The summed E-state index contributed by atoms with van der Waals surface area (Å²) in [6.07, 6.45) is 5.59. The van der Waals surface area contributed by atoms with Crippen molar-refractivity contribution in [3.8, 4) is 0 Å². The van der Waals surface area contributed by atoms with Gasteiger partial charge < -0.3 is 20.0 Å². The first-order chi connectivity index (χ1) is 15.7. The van der Waals surface area contributed by atoms with E-state index in [4.69, 9.17) is 9.41 Å². The van der Waals surface area contributed by atoms with Crippen LogP contribution in [0.15, 0.2) is 58.1 Å². The molecule has 2 aromatic heterocycles. The summed E-state index contributed by atoms with van der Waals surface area (Å²) in [5, 5.41) is 11.6. The fourth-order valence-electron chi connectivity index (χ4n) is 3.99. The minimum absolute atomic E-state index is 0.117. The standard InChI is InChI=1S/C24H33N7O/c1-19-27-23-22(12-6-17-31(23)29-19)28-24(26-15-13-21-11-7-18-32-21)25-14-8-16-30(2)20-9-4-3-5-10-20/h3-5,7,9-11,18,22H,6,8,12-17H2,1-2H3,(H2,25,26,28). The van der Waals surface area contributed by atoms with E-state index in [0.717, 1.165) is 75.2 Å². The number of hydrogen-bond donors (Lipinski definition) is 2. The lowest BCUT2D eigenvalue weighted by Crippen LogP contribution is -2.42. The zero-order valence-electron chi connectivity index (χ0n) is 19.0. The van der Waals surface area contributed by atoms with Gasteiger partial charge in [-0.2, -0.15) is 5.10 Å². The maximum atomic E-state index is 5.45. The van der Waals surface area contributed by atoms with E-state index < -0.39 is 0 Å². The summed E-state index contributed by atoms with van der Waals surface area (Å²) in [4.78, 5) is 11.8. The van der Waals surface area contributed by atoms with Crippen molar-refractivity contribution in [3.05, 3.63) is 66.1 Å². The molecule has 1 aromatic carbocycles. The molecule has 0 radical (unpaired) electrons. The van der Waals surface area contributed by atoms with E-state index in [-0.39, 0.29) is 6.04 Å². The number of furan rings is 1. The quantitative estimate of drug-likeness (QED) is 0.305. The predicted molar refractivity (Wildman–Crippen MR) is 127 cm³/mol. The molecule has 1 aliphatic heterocycles. The van der Waals surface area contributed by atoms with Gasteiger partial charge >= 0.3 is 0 Å². The molecule has 1 unspecified atom stereocenters. The van der Waals surface area contributed by atoms with Crippen molar-refractivity contribution in [3.63, 3.8) is 0 Å². The van der Waals surface area contributed by atoms with Crippen molar-refractivity contribution in [2.45, 2.75) is 45.2 Å². The Morgan fingerprint density at radius 1 is 1.25 bits per heavy atom. The van der Waals surface area contributed by atoms with Gasteiger partial charge in [0.15, 0.2) is 5.96 Å². The highest BCUT2D eigenvalue weighted by Crippen LogP contribution is 2.22. The molecule has 1 atom stereocenters. The van der Waals surface area contributed by atoms with Crippen LogP contribution in [-0.4, -0.2) is 47.4 Å². The summed E-state index contributed by atoms with van der Waals surface area (Å²) in [6, 6.07) is 14.5. The van der Waals surface area contributed by atoms with Crippen molar-refractivity contribution in [1.82, 2.24) is 25.4 Å². The Morgan fingerprint density at radius 3 is 2.94 bits per heavy atom. The van der Waals surface area contributed by atoms with Crippen molar-refractivity contribution in [2.24, 2.45) is 4.99 Å². The minimum atomic E-state index is 0.117. The highest BCUT2D eigenvalue weighted by atomic mass is 16.3. The smallest absolute Gasteiger partial charge is 0.191 e. The van der Waals surface area contributed by atoms with Crippen LogP contribution < -0.4 is 15.5 Å². The second-order valence-corrected chi connectivity index (χ2v) is 8.18. The number of fused-ring (bicyclic) bond motifs is 1. The van der Waals surface area contributed by atoms with E-state index in [1.54, 1.807) is 6.26 Å². The molecular weight excluding hydrogens is 402 g/mol. The lowest BCUT2D eigenvalue weighted by atomic mass is 10.1. The largest absolute Gasteiger partial charge is 0.469 e. The molecule has 3 heterocycles. The van der Waals surface area contributed by atoms with Gasteiger partial charge in [-0.25, -0.2) is 9.67 Å². The first-order valence-corrected chi connectivity index (χ1v) is 11.4. The summed E-state index contributed by atoms with van der Waals surface area (Å²) < 4.78 is 7.47. The van der Waals surface area contributed by atoms with Gasteiger partial charge in [0.05, 0.1) is 12.3 Å². The first kappa shape index (κ1) is 21.9. The fourth-order valence-corrected chi connectivity index (χ4v) is 3.99. The van der Waals surface area contributed by atoms with Crippen LogP contribution in [0.2, 0.25) is 0 Å². The zero-order chi connectivity index (χ0) is 22.2. The molecule has 0 saturated carbocycles. The monoisotopic (exact) mass is 435 g/mol. The molecular formula is C24H33N7O. The SMILES string of the molecule is Cc1nc2n(n1)CCCC2NC(=NCCCN(C)c1ccccc1)NCCc1ccco1. The Bertz CT molecular complexity index is 981. The molecule has 0 saturated heterocycles. The number of aliphatic imine (C=N–C) groups is 1. The molecule has 0 bridgehead atoms. The summed E-state index contributed by atoms with van der Waals surface area (Å²) in [5.41, 5.74) is 1.23. The maximum Gasteiger partial charge on any atom is 0.191 e. The van der Waals surface area contributed by atoms with Gasteiger partial charge in [-0.1, -0.05) is 18.2 Å². The number of rotatable bonds is 9. The summed E-state index contributed by atoms with van der Waals surface area (Å²) in [5.74, 6) is 3.60. The summed E-state index contributed by atoms with van der Waals surface area (Å²) in [7, 11) is 2.12.